The van der Waals surface area contributed by atoms with Gasteiger partial charge >= 0.3 is 0 Å². The van der Waals surface area contributed by atoms with Crippen molar-refractivity contribution in [3.8, 4) is 5.82 Å². The molecule has 1 amide bonds. The molecule has 1 aliphatic heterocycles. The van der Waals surface area contributed by atoms with E-state index in [9.17, 15) is 9.90 Å². The monoisotopic (exact) mass is 287 g/mol. The van der Waals surface area contributed by atoms with Gasteiger partial charge in [-0.05, 0) is 25.5 Å². The molecular weight excluding hydrogens is 270 g/mol. The Bertz CT molecular complexity index is 637. The van der Waals surface area contributed by atoms with Gasteiger partial charge in [0, 0.05) is 18.9 Å². The third-order valence-electron chi connectivity index (χ3n) is 3.51. The summed E-state index contributed by atoms with van der Waals surface area (Å²) in [5.41, 5.74) is 0.629. The molecule has 0 aromatic carbocycles. The Morgan fingerprint density at radius 3 is 2.90 bits per heavy atom. The Hall–Kier alpha value is -2.25. The third-order valence-corrected chi connectivity index (χ3v) is 3.51. The van der Waals surface area contributed by atoms with Crippen molar-refractivity contribution in [2.75, 3.05) is 11.9 Å². The predicted molar refractivity (Wildman–Crippen MR) is 77.1 cm³/mol. The molecule has 21 heavy (non-hydrogen) atoms. The lowest BCUT2D eigenvalue weighted by atomic mass is 10.2. The van der Waals surface area contributed by atoms with E-state index in [-0.39, 0.29) is 11.9 Å². The van der Waals surface area contributed by atoms with Gasteiger partial charge in [0.05, 0.1) is 24.0 Å². The summed E-state index contributed by atoms with van der Waals surface area (Å²) in [7, 11) is 0. The number of nitrogens with zero attached hydrogens (tertiary/aromatic N) is 3. The molecular formula is C14H17N5O2. The summed E-state index contributed by atoms with van der Waals surface area (Å²) in [6.45, 7) is 2.35. The standard InChI is InChI=1S/C14H17N5O2/c1-9-15-4-5-19(9)13-3-2-10(7-17-13)18-14(21)12-6-11(20)8-16-12/h2-5,7,11-12,16,20H,6,8H2,1H3,(H,18,21)/t11-,12+/m1/s1. The molecule has 0 unspecified atom stereocenters. The zero-order valence-corrected chi connectivity index (χ0v) is 11.7. The number of nitrogens with one attached hydrogen (secondary N) is 2. The molecule has 0 aliphatic carbocycles. The van der Waals surface area contributed by atoms with E-state index < -0.39 is 6.10 Å². The Balaban J connectivity index is 1.67. The van der Waals surface area contributed by atoms with E-state index in [1.165, 1.54) is 0 Å². The molecule has 3 N–H and O–H groups in total. The average molecular weight is 287 g/mol. The summed E-state index contributed by atoms with van der Waals surface area (Å²) in [6, 6.07) is 3.27. The molecule has 3 rings (SSSR count). The normalized spacial score (nSPS) is 21.4. The first-order chi connectivity index (χ1) is 10.1. The van der Waals surface area contributed by atoms with Crippen LogP contribution in [0.15, 0.2) is 30.7 Å². The average Bonchev–Trinajstić information content (AvgIpc) is 3.08. The number of pyridine rings is 1. The second-order valence-corrected chi connectivity index (χ2v) is 5.09. The maximum atomic E-state index is 12.0. The quantitative estimate of drug-likeness (QED) is 0.752. The molecule has 110 valence electrons. The highest BCUT2D eigenvalue weighted by Crippen LogP contribution is 2.13. The fraction of sp³-hybridized carbons (Fsp3) is 0.357. The first-order valence-electron chi connectivity index (χ1n) is 6.82. The molecule has 3 heterocycles. The zero-order valence-electron chi connectivity index (χ0n) is 11.7. The number of aryl methyl sites for hydroxylation is 1. The minimum Gasteiger partial charge on any atom is -0.392 e. The van der Waals surface area contributed by atoms with E-state index >= 15 is 0 Å². The number of hydrogen-bond acceptors (Lipinski definition) is 5. The summed E-state index contributed by atoms with van der Waals surface area (Å²) in [6.07, 6.45) is 5.14. The number of β-amino-alcohol motifs (C(OH)–C–C–N with tert-alkyl or cyclic N) is 1. The molecule has 1 fully saturated rings. The molecule has 2 aromatic rings. The summed E-state index contributed by atoms with van der Waals surface area (Å²) in [5.74, 6) is 1.45. The van der Waals surface area contributed by atoms with Crippen LogP contribution in [0.2, 0.25) is 0 Å². The van der Waals surface area contributed by atoms with E-state index in [4.69, 9.17) is 0 Å². The smallest absolute Gasteiger partial charge is 0.241 e. The number of amides is 1. The molecule has 0 saturated carbocycles. The molecule has 0 spiro atoms. The zero-order chi connectivity index (χ0) is 14.8. The summed E-state index contributed by atoms with van der Waals surface area (Å²) in [5, 5.41) is 15.2. The number of aliphatic hydroxyl groups is 1. The number of carbonyl (C=O) groups is 1. The Morgan fingerprint density at radius 2 is 2.33 bits per heavy atom. The van der Waals surface area contributed by atoms with Crippen LogP contribution in [0.3, 0.4) is 0 Å². The van der Waals surface area contributed by atoms with Gasteiger partial charge in [-0.2, -0.15) is 0 Å². The van der Waals surface area contributed by atoms with E-state index in [2.05, 4.69) is 20.6 Å². The van der Waals surface area contributed by atoms with Gasteiger partial charge in [0.15, 0.2) is 0 Å². The van der Waals surface area contributed by atoms with E-state index in [1.54, 1.807) is 18.5 Å². The van der Waals surface area contributed by atoms with Crippen LogP contribution in [-0.4, -0.2) is 44.2 Å². The van der Waals surface area contributed by atoms with Crippen molar-refractivity contribution < 1.29 is 9.90 Å². The van der Waals surface area contributed by atoms with Crippen LogP contribution < -0.4 is 10.6 Å². The topological polar surface area (TPSA) is 92.1 Å². The van der Waals surface area contributed by atoms with Crippen LogP contribution in [0.4, 0.5) is 5.69 Å². The van der Waals surface area contributed by atoms with E-state index in [1.807, 2.05) is 23.8 Å². The number of imidazole rings is 1. The Labute approximate surface area is 122 Å². The van der Waals surface area contributed by atoms with Crippen molar-refractivity contribution in [3.05, 3.63) is 36.5 Å². The number of rotatable bonds is 3. The highest BCUT2D eigenvalue weighted by atomic mass is 16.3. The van der Waals surface area contributed by atoms with Crippen molar-refractivity contribution in [2.24, 2.45) is 0 Å². The maximum Gasteiger partial charge on any atom is 0.241 e. The highest BCUT2D eigenvalue weighted by molar-refractivity contribution is 5.95. The van der Waals surface area contributed by atoms with Gasteiger partial charge in [-0.3, -0.25) is 9.36 Å². The molecule has 1 saturated heterocycles. The summed E-state index contributed by atoms with van der Waals surface area (Å²) in [4.78, 5) is 20.5. The van der Waals surface area contributed by atoms with Crippen LogP contribution >= 0.6 is 0 Å². The van der Waals surface area contributed by atoms with Crippen LogP contribution in [0.1, 0.15) is 12.2 Å². The number of aromatic nitrogens is 3. The Kier molecular flexibility index (Phi) is 3.68. The lowest BCUT2D eigenvalue weighted by Crippen LogP contribution is -2.35. The molecule has 1 aliphatic rings. The van der Waals surface area contributed by atoms with Crippen LogP contribution in [0, 0.1) is 6.92 Å². The van der Waals surface area contributed by atoms with Gasteiger partial charge in [-0.1, -0.05) is 0 Å². The lowest BCUT2D eigenvalue weighted by molar-refractivity contribution is -0.117. The van der Waals surface area contributed by atoms with Gasteiger partial charge in [0.2, 0.25) is 5.91 Å². The molecule has 2 atom stereocenters. The lowest BCUT2D eigenvalue weighted by Gasteiger charge is -2.11. The largest absolute Gasteiger partial charge is 0.392 e. The van der Waals surface area contributed by atoms with E-state index in [0.717, 1.165) is 11.6 Å². The Morgan fingerprint density at radius 1 is 1.48 bits per heavy atom. The van der Waals surface area contributed by atoms with Crippen molar-refractivity contribution in [1.29, 1.82) is 0 Å². The van der Waals surface area contributed by atoms with Crippen LogP contribution in [0.5, 0.6) is 0 Å². The molecule has 7 nitrogen and oxygen atoms in total. The molecule has 0 radical (unpaired) electrons. The molecule has 2 aromatic heterocycles. The SMILES string of the molecule is Cc1nccn1-c1ccc(NC(=O)[C@@H]2C[C@@H](O)CN2)cn1. The first-order valence-corrected chi connectivity index (χ1v) is 6.82. The van der Waals surface area contributed by atoms with Gasteiger partial charge < -0.3 is 15.7 Å². The summed E-state index contributed by atoms with van der Waals surface area (Å²) < 4.78 is 1.86. The number of anilines is 1. The van der Waals surface area contributed by atoms with Crippen molar-refractivity contribution >= 4 is 11.6 Å². The summed E-state index contributed by atoms with van der Waals surface area (Å²) >= 11 is 0. The van der Waals surface area contributed by atoms with Crippen LogP contribution in [0.25, 0.3) is 5.82 Å². The number of hydrogen-bond donors (Lipinski definition) is 3. The second-order valence-electron chi connectivity index (χ2n) is 5.09. The highest BCUT2D eigenvalue weighted by Gasteiger charge is 2.27. The minimum absolute atomic E-state index is 0.153. The number of carbonyl (C=O) groups excluding carboxylic acids is 1. The first kappa shape index (κ1) is 13.7. The minimum atomic E-state index is -0.453. The maximum absolute atomic E-state index is 12.0. The van der Waals surface area contributed by atoms with Gasteiger partial charge in [0.1, 0.15) is 11.6 Å². The van der Waals surface area contributed by atoms with Gasteiger partial charge in [-0.25, -0.2) is 9.97 Å². The van der Waals surface area contributed by atoms with E-state index in [0.29, 0.717) is 18.7 Å². The fourth-order valence-corrected chi connectivity index (χ4v) is 2.37. The molecule has 0 bridgehead atoms. The van der Waals surface area contributed by atoms with Crippen molar-refractivity contribution in [2.45, 2.75) is 25.5 Å². The van der Waals surface area contributed by atoms with Gasteiger partial charge in [0.25, 0.3) is 0 Å². The van der Waals surface area contributed by atoms with Crippen LogP contribution in [-0.2, 0) is 4.79 Å². The van der Waals surface area contributed by atoms with Crippen molar-refractivity contribution in [1.82, 2.24) is 19.9 Å². The predicted octanol–water partition coefficient (Wildman–Crippen LogP) is 0.237. The third kappa shape index (κ3) is 2.93. The fourth-order valence-electron chi connectivity index (χ4n) is 2.37. The number of aliphatic hydroxyl groups excluding tert-OH is 1. The van der Waals surface area contributed by atoms with Gasteiger partial charge in [-0.15, -0.1) is 0 Å². The van der Waals surface area contributed by atoms with Crippen molar-refractivity contribution in [3.63, 3.8) is 0 Å². The molecule has 7 heteroatoms. The second kappa shape index (κ2) is 5.63.